The quantitative estimate of drug-likeness (QED) is 0.657. The summed E-state index contributed by atoms with van der Waals surface area (Å²) < 4.78 is 5.60. The van der Waals surface area contributed by atoms with Gasteiger partial charge in [-0.15, -0.1) is 0 Å². The summed E-state index contributed by atoms with van der Waals surface area (Å²) in [6, 6.07) is 7.50. The lowest BCUT2D eigenvalue weighted by Crippen LogP contribution is -2.10. The van der Waals surface area contributed by atoms with Gasteiger partial charge in [-0.05, 0) is 31.5 Å². The van der Waals surface area contributed by atoms with Gasteiger partial charge in [-0.3, -0.25) is 10.2 Å². The molecule has 0 amide bonds. The van der Waals surface area contributed by atoms with Crippen LogP contribution < -0.4 is 15.7 Å². The van der Waals surface area contributed by atoms with Crippen molar-refractivity contribution in [3.05, 3.63) is 51.4 Å². The van der Waals surface area contributed by atoms with E-state index in [9.17, 15) is 4.79 Å². The van der Waals surface area contributed by atoms with Crippen molar-refractivity contribution in [3.8, 4) is 5.75 Å². The molecule has 0 bridgehead atoms. The van der Waals surface area contributed by atoms with Crippen LogP contribution in [0.15, 0.2) is 40.4 Å². The Bertz CT molecular complexity index is 697. The summed E-state index contributed by atoms with van der Waals surface area (Å²) in [6.45, 7) is 3.93. The van der Waals surface area contributed by atoms with Gasteiger partial charge in [0.25, 0.3) is 5.56 Å². The molecule has 21 heavy (non-hydrogen) atoms. The summed E-state index contributed by atoms with van der Waals surface area (Å²) >= 11 is 5.82. The van der Waals surface area contributed by atoms with E-state index in [-0.39, 0.29) is 11.1 Å². The smallest absolute Gasteiger partial charge is 0.285 e. The molecule has 0 radical (unpaired) electrons. The van der Waals surface area contributed by atoms with Crippen LogP contribution >= 0.6 is 11.6 Å². The Labute approximate surface area is 126 Å². The molecule has 2 N–H and O–H groups in total. The van der Waals surface area contributed by atoms with Crippen LogP contribution in [0.3, 0.4) is 0 Å². The third kappa shape index (κ3) is 4.32. The lowest BCUT2D eigenvalue weighted by Gasteiger charge is -2.09. The topological polar surface area (TPSA) is 79.4 Å². The zero-order valence-corrected chi connectivity index (χ0v) is 12.4. The van der Waals surface area contributed by atoms with E-state index in [0.717, 1.165) is 11.3 Å². The number of ether oxygens (including phenoxy) is 1. The summed E-state index contributed by atoms with van der Waals surface area (Å²) in [5, 5.41) is 9.91. The fourth-order valence-electron chi connectivity index (χ4n) is 1.58. The third-order valence-electron chi connectivity index (χ3n) is 2.42. The first-order valence-electron chi connectivity index (χ1n) is 6.35. The van der Waals surface area contributed by atoms with Gasteiger partial charge in [0, 0.05) is 0 Å². The van der Waals surface area contributed by atoms with Crippen molar-refractivity contribution in [3.63, 3.8) is 0 Å². The van der Waals surface area contributed by atoms with E-state index >= 15 is 0 Å². The molecule has 0 unspecified atom stereocenters. The highest BCUT2D eigenvalue weighted by Crippen LogP contribution is 2.15. The van der Waals surface area contributed by atoms with Crippen LogP contribution in [-0.2, 0) is 0 Å². The molecular formula is C14H15ClN4O2. The van der Waals surface area contributed by atoms with Gasteiger partial charge in [0.05, 0.1) is 18.5 Å². The molecule has 6 nitrogen and oxygen atoms in total. The predicted octanol–water partition coefficient (Wildman–Crippen LogP) is 2.66. The van der Waals surface area contributed by atoms with Crippen molar-refractivity contribution < 1.29 is 4.74 Å². The van der Waals surface area contributed by atoms with Gasteiger partial charge in [-0.25, -0.2) is 5.10 Å². The van der Waals surface area contributed by atoms with Gasteiger partial charge >= 0.3 is 0 Å². The molecule has 2 rings (SSSR count). The van der Waals surface area contributed by atoms with Gasteiger partial charge in [0.15, 0.2) is 0 Å². The summed E-state index contributed by atoms with van der Waals surface area (Å²) in [6.07, 6.45) is 3.10. The normalized spacial score (nSPS) is 11.0. The molecule has 0 aliphatic rings. The average Bonchev–Trinajstić information content (AvgIpc) is 2.43. The SMILES string of the molecule is CC(C)Oc1cccc(/C=N/Nc2cn[nH]c(=O)c2Cl)c1. The van der Waals surface area contributed by atoms with E-state index in [2.05, 4.69) is 20.7 Å². The Hall–Kier alpha value is -2.34. The van der Waals surface area contributed by atoms with Crippen LogP contribution in [0.1, 0.15) is 19.4 Å². The Morgan fingerprint density at radius 2 is 2.29 bits per heavy atom. The van der Waals surface area contributed by atoms with Gasteiger partial charge < -0.3 is 4.74 Å². The number of aromatic nitrogens is 2. The molecular weight excluding hydrogens is 292 g/mol. The molecule has 0 fully saturated rings. The molecule has 0 saturated carbocycles. The summed E-state index contributed by atoms with van der Waals surface area (Å²) in [5.41, 5.74) is 3.40. The van der Waals surface area contributed by atoms with Crippen LogP contribution in [0.4, 0.5) is 5.69 Å². The number of anilines is 1. The number of benzene rings is 1. The van der Waals surface area contributed by atoms with E-state index in [4.69, 9.17) is 16.3 Å². The molecule has 0 saturated heterocycles. The van der Waals surface area contributed by atoms with Crippen LogP contribution in [-0.4, -0.2) is 22.5 Å². The summed E-state index contributed by atoms with van der Waals surface area (Å²) in [4.78, 5) is 11.3. The first-order valence-corrected chi connectivity index (χ1v) is 6.73. The van der Waals surface area contributed by atoms with Crippen molar-refractivity contribution in [2.45, 2.75) is 20.0 Å². The van der Waals surface area contributed by atoms with E-state index in [1.54, 1.807) is 6.21 Å². The van der Waals surface area contributed by atoms with E-state index < -0.39 is 5.56 Å². The molecule has 2 aromatic rings. The second kappa shape index (κ2) is 6.90. The minimum Gasteiger partial charge on any atom is -0.491 e. The highest BCUT2D eigenvalue weighted by molar-refractivity contribution is 6.32. The first kappa shape index (κ1) is 15.1. The lowest BCUT2D eigenvalue weighted by atomic mass is 10.2. The zero-order valence-electron chi connectivity index (χ0n) is 11.6. The molecule has 7 heteroatoms. The highest BCUT2D eigenvalue weighted by Gasteiger charge is 2.03. The van der Waals surface area contributed by atoms with Crippen molar-refractivity contribution in [2.75, 3.05) is 5.43 Å². The maximum absolute atomic E-state index is 11.3. The fourth-order valence-corrected chi connectivity index (χ4v) is 1.71. The van der Waals surface area contributed by atoms with E-state index in [1.807, 2.05) is 38.1 Å². The highest BCUT2D eigenvalue weighted by atomic mass is 35.5. The second-order valence-electron chi connectivity index (χ2n) is 4.54. The van der Waals surface area contributed by atoms with Crippen LogP contribution in [0.2, 0.25) is 5.02 Å². The number of hydrogen-bond acceptors (Lipinski definition) is 5. The van der Waals surface area contributed by atoms with Crippen molar-refractivity contribution in [1.82, 2.24) is 10.2 Å². The number of hydrogen-bond donors (Lipinski definition) is 2. The van der Waals surface area contributed by atoms with E-state index in [0.29, 0.717) is 5.69 Å². The van der Waals surface area contributed by atoms with Gasteiger partial charge in [-0.1, -0.05) is 23.7 Å². The minimum absolute atomic E-state index is 0.0130. The number of hydrazone groups is 1. The Morgan fingerprint density at radius 1 is 1.48 bits per heavy atom. The van der Waals surface area contributed by atoms with E-state index in [1.165, 1.54) is 6.20 Å². The molecule has 0 aliphatic carbocycles. The third-order valence-corrected chi connectivity index (χ3v) is 2.80. The average molecular weight is 307 g/mol. The number of nitrogens with one attached hydrogen (secondary N) is 2. The number of nitrogens with zero attached hydrogens (tertiary/aromatic N) is 2. The van der Waals surface area contributed by atoms with Crippen molar-refractivity contribution >= 4 is 23.5 Å². The molecule has 110 valence electrons. The molecule has 1 aromatic heterocycles. The lowest BCUT2D eigenvalue weighted by molar-refractivity contribution is 0.242. The number of aromatic amines is 1. The Balaban J connectivity index is 2.07. The molecule has 1 aromatic carbocycles. The van der Waals surface area contributed by atoms with Crippen LogP contribution in [0.25, 0.3) is 0 Å². The Kier molecular flexibility index (Phi) is 4.94. The standard InChI is InChI=1S/C14H15ClN4O2/c1-9(2)21-11-5-3-4-10(6-11)7-16-18-12-8-17-19-14(20)13(12)15/h3-9H,1-2H3,(H2,18,19,20)/b16-7+. The van der Waals surface area contributed by atoms with Crippen LogP contribution in [0, 0.1) is 0 Å². The maximum atomic E-state index is 11.3. The zero-order chi connectivity index (χ0) is 15.2. The molecule has 0 spiro atoms. The summed E-state index contributed by atoms with van der Waals surface area (Å²) in [5.74, 6) is 0.768. The molecule has 1 heterocycles. The number of halogens is 1. The van der Waals surface area contributed by atoms with Crippen LogP contribution in [0.5, 0.6) is 5.75 Å². The number of H-pyrrole nitrogens is 1. The minimum atomic E-state index is -0.468. The molecule has 0 atom stereocenters. The monoisotopic (exact) mass is 306 g/mol. The Morgan fingerprint density at radius 3 is 3.05 bits per heavy atom. The number of rotatable bonds is 5. The van der Waals surface area contributed by atoms with Crippen molar-refractivity contribution in [1.29, 1.82) is 0 Å². The maximum Gasteiger partial charge on any atom is 0.285 e. The summed E-state index contributed by atoms with van der Waals surface area (Å²) in [7, 11) is 0. The predicted molar refractivity (Wildman–Crippen MR) is 83.3 cm³/mol. The largest absolute Gasteiger partial charge is 0.491 e. The van der Waals surface area contributed by atoms with Gasteiger partial charge in [0.2, 0.25) is 0 Å². The molecule has 0 aliphatic heterocycles. The van der Waals surface area contributed by atoms with Gasteiger partial charge in [-0.2, -0.15) is 10.2 Å². The first-order chi connectivity index (χ1) is 10.1. The van der Waals surface area contributed by atoms with Crippen molar-refractivity contribution in [2.24, 2.45) is 5.10 Å². The fraction of sp³-hybridized carbons (Fsp3) is 0.214. The second-order valence-corrected chi connectivity index (χ2v) is 4.91. The van der Waals surface area contributed by atoms with Gasteiger partial charge in [0.1, 0.15) is 16.5 Å².